The molecule has 2 rings (SSSR count). The third kappa shape index (κ3) is 0.859. The van der Waals surface area contributed by atoms with E-state index >= 15 is 0 Å². The standard InChI is InChI=1S/C7H10N2S/c8-5-2-1-3-6-7(5)10-4-9-6/h4-5H,1-3,8H2/t5-/m0/s1. The highest BCUT2D eigenvalue weighted by Crippen LogP contribution is 2.29. The van der Waals surface area contributed by atoms with Crippen LogP contribution in [0.25, 0.3) is 0 Å². The van der Waals surface area contributed by atoms with Crippen molar-refractivity contribution in [1.29, 1.82) is 0 Å². The van der Waals surface area contributed by atoms with Gasteiger partial charge in [-0.15, -0.1) is 11.3 Å². The molecule has 1 aromatic rings. The van der Waals surface area contributed by atoms with Crippen LogP contribution in [0.3, 0.4) is 0 Å². The van der Waals surface area contributed by atoms with Crippen LogP contribution in [0.4, 0.5) is 0 Å². The summed E-state index contributed by atoms with van der Waals surface area (Å²) < 4.78 is 0. The van der Waals surface area contributed by atoms with Gasteiger partial charge < -0.3 is 5.73 Å². The molecule has 0 spiro atoms. The molecule has 1 heterocycles. The zero-order valence-electron chi connectivity index (χ0n) is 5.71. The summed E-state index contributed by atoms with van der Waals surface area (Å²) in [7, 11) is 0. The molecular weight excluding hydrogens is 144 g/mol. The van der Waals surface area contributed by atoms with E-state index in [1.54, 1.807) is 11.3 Å². The number of rotatable bonds is 0. The van der Waals surface area contributed by atoms with Gasteiger partial charge in [0.1, 0.15) is 0 Å². The predicted octanol–water partition coefficient (Wildman–Crippen LogP) is 1.48. The van der Waals surface area contributed by atoms with E-state index in [-0.39, 0.29) is 6.04 Å². The third-order valence-corrected chi connectivity index (χ3v) is 2.94. The summed E-state index contributed by atoms with van der Waals surface area (Å²) in [5.41, 5.74) is 9.00. The second-order valence-corrected chi connectivity index (χ2v) is 3.55. The van der Waals surface area contributed by atoms with E-state index in [1.807, 2.05) is 5.51 Å². The molecule has 2 N–H and O–H groups in total. The normalized spacial score (nSPS) is 24.3. The Labute approximate surface area is 64.1 Å². The molecule has 0 saturated heterocycles. The van der Waals surface area contributed by atoms with Crippen LogP contribution in [0, 0.1) is 0 Å². The maximum atomic E-state index is 5.86. The monoisotopic (exact) mass is 154 g/mol. The number of nitrogens with zero attached hydrogens (tertiary/aromatic N) is 1. The van der Waals surface area contributed by atoms with Crippen molar-refractivity contribution in [3.05, 3.63) is 16.1 Å². The Morgan fingerprint density at radius 3 is 3.40 bits per heavy atom. The van der Waals surface area contributed by atoms with Crippen molar-refractivity contribution in [2.75, 3.05) is 0 Å². The number of nitrogens with two attached hydrogens (primary N) is 1. The first-order valence-corrected chi connectivity index (χ1v) is 4.44. The van der Waals surface area contributed by atoms with E-state index in [4.69, 9.17) is 5.73 Å². The Morgan fingerprint density at radius 2 is 2.60 bits per heavy atom. The van der Waals surface area contributed by atoms with Crippen molar-refractivity contribution in [1.82, 2.24) is 4.98 Å². The van der Waals surface area contributed by atoms with Gasteiger partial charge in [-0.05, 0) is 19.3 Å². The minimum absolute atomic E-state index is 0.274. The molecule has 0 aromatic carbocycles. The average Bonchev–Trinajstić information content (AvgIpc) is 2.36. The zero-order valence-corrected chi connectivity index (χ0v) is 6.53. The molecule has 54 valence electrons. The molecule has 3 heteroatoms. The number of aryl methyl sites for hydroxylation is 1. The number of hydrogen-bond acceptors (Lipinski definition) is 3. The maximum Gasteiger partial charge on any atom is 0.0798 e. The van der Waals surface area contributed by atoms with Gasteiger partial charge in [0.15, 0.2) is 0 Å². The van der Waals surface area contributed by atoms with Crippen molar-refractivity contribution in [2.45, 2.75) is 25.3 Å². The molecule has 1 aromatic heterocycles. The smallest absolute Gasteiger partial charge is 0.0798 e. The van der Waals surface area contributed by atoms with Crippen LogP contribution in [-0.4, -0.2) is 4.98 Å². The van der Waals surface area contributed by atoms with E-state index in [0.717, 1.165) is 12.8 Å². The molecular formula is C7H10N2S. The fourth-order valence-corrected chi connectivity index (χ4v) is 2.27. The van der Waals surface area contributed by atoms with Gasteiger partial charge in [-0.3, -0.25) is 0 Å². The van der Waals surface area contributed by atoms with E-state index in [9.17, 15) is 0 Å². The Balaban J connectivity index is 2.41. The summed E-state index contributed by atoms with van der Waals surface area (Å²) in [6, 6.07) is 0.274. The first-order chi connectivity index (χ1) is 4.88. The molecule has 0 amide bonds. The van der Waals surface area contributed by atoms with Crippen molar-refractivity contribution in [3.8, 4) is 0 Å². The highest BCUT2D eigenvalue weighted by atomic mass is 32.1. The number of hydrogen-bond donors (Lipinski definition) is 1. The second-order valence-electron chi connectivity index (χ2n) is 2.66. The third-order valence-electron chi connectivity index (χ3n) is 1.94. The highest BCUT2D eigenvalue weighted by Gasteiger charge is 2.18. The summed E-state index contributed by atoms with van der Waals surface area (Å²) >= 11 is 1.70. The van der Waals surface area contributed by atoms with Crippen LogP contribution in [0.5, 0.6) is 0 Å². The van der Waals surface area contributed by atoms with Gasteiger partial charge in [-0.2, -0.15) is 0 Å². The first kappa shape index (κ1) is 6.31. The molecule has 0 unspecified atom stereocenters. The summed E-state index contributed by atoms with van der Waals surface area (Å²) in [6.07, 6.45) is 3.47. The lowest BCUT2D eigenvalue weighted by Gasteiger charge is -2.15. The quantitative estimate of drug-likeness (QED) is 0.614. The number of fused-ring (bicyclic) bond motifs is 1. The molecule has 2 nitrogen and oxygen atoms in total. The van der Waals surface area contributed by atoms with Crippen molar-refractivity contribution in [2.24, 2.45) is 5.73 Å². The Kier molecular flexibility index (Phi) is 1.47. The lowest BCUT2D eigenvalue weighted by atomic mass is 9.99. The van der Waals surface area contributed by atoms with Crippen LogP contribution in [0.15, 0.2) is 5.51 Å². The summed E-state index contributed by atoms with van der Waals surface area (Å²) in [4.78, 5) is 5.56. The topological polar surface area (TPSA) is 38.9 Å². The number of thiazole rings is 1. The molecule has 10 heavy (non-hydrogen) atoms. The van der Waals surface area contributed by atoms with Gasteiger partial charge in [0, 0.05) is 10.9 Å². The van der Waals surface area contributed by atoms with E-state index in [0.29, 0.717) is 0 Å². The van der Waals surface area contributed by atoms with Crippen LogP contribution >= 0.6 is 11.3 Å². The molecule has 0 fully saturated rings. The molecule has 0 radical (unpaired) electrons. The Hall–Kier alpha value is -0.410. The SMILES string of the molecule is N[C@H]1CCCc2ncsc21. The lowest BCUT2D eigenvalue weighted by Crippen LogP contribution is -2.15. The predicted molar refractivity (Wildman–Crippen MR) is 42.0 cm³/mol. The van der Waals surface area contributed by atoms with Gasteiger partial charge in [0.25, 0.3) is 0 Å². The zero-order chi connectivity index (χ0) is 6.97. The van der Waals surface area contributed by atoms with Crippen molar-refractivity contribution >= 4 is 11.3 Å². The summed E-state index contributed by atoms with van der Waals surface area (Å²) in [5.74, 6) is 0. The fraction of sp³-hybridized carbons (Fsp3) is 0.571. The van der Waals surface area contributed by atoms with E-state index < -0.39 is 0 Å². The number of aromatic nitrogens is 1. The lowest BCUT2D eigenvalue weighted by molar-refractivity contribution is 0.573. The molecule has 0 bridgehead atoms. The highest BCUT2D eigenvalue weighted by molar-refractivity contribution is 7.09. The van der Waals surface area contributed by atoms with Crippen LogP contribution in [-0.2, 0) is 6.42 Å². The van der Waals surface area contributed by atoms with Gasteiger partial charge >= 0.3 is 0 Å². The van der Waals surface area contributed by atoms with Crippen LogP contribution < -0.4 is 5.73 Å². The average molecular weight is 154 g/mol. The fourth-order valence-electron chi connectivity index (χ4n) is 1.39. The molecule has 0 aliphatic heterocycles. The first-order valence-electron chi connectivity index (χ1n) is 3.56. The molecule has 0 saturated carbocycles. The Morgan fingerprint density at radius 1 is 1.70 bits per heavy atom. The maximum absolute atomic E-state index is 5.86. The van der Waals surface area contributed by atoms with Crippen LogP contribution in [0.2, 0.25) is 0 Å². The molecule has 1 atom stereocenters. The summed E-state index contributed by atoms with van der Waals surface area (Å²) in [5, 5.41) is 0. The minimum atomic E-state index is 0.274. The largest absolute Gasteiger partial charge is 0.323 e. The minimum Gasteiger partial charge on any atom is -0.323 e. The van der Waals surface area contributed by atoms with E-state index in [2.05, 4.69) is 4.98 Å². The Bertz CT molecular complexity index is 231. The van der Waals surface area contributed by atoms with E-state index in [1.165, 1.54) is 17.0 Å². The molecule has 1 aliphatic carbocycles. The van der Waals surface area contributed by atoms with Gasteiger partial charge in [0.2, 0.25) is 0 Å². The second kappa shape index (κ2) is 2.32. The van der Waals surface area contributed by atoms with Gasteiger partial charge in [-0.25, -0.2) is 4.98 Å². The van der Waals surface area contributed by atoms with Crippen LogP contribution in [0.1, 0.15) is 29.5 Å². The van der Waals surface area contributed by atoms with Gasteiger partial charge in [0.05, 0.1) is 11.2 Å². The molecule has 1 aliphatic rings. The van der Waals surface area contributed by atoms with Gasteiger partial charge in [-0.1, -0.05) is 0 Å². The summed E-state index contributed by atoms with van der Waals surface area (Å²) in [6.45, 7) is 0. The van der Waals surface area contributed by atoms with Crippen molar-refractivity contribution in [3.63, 3.8) is 0 Å². The van der Waals surface area contributed by atoms with Crippen molar-refractivity contribution < 1.29 is 0 Å².